The van der Waals surface area contributed by atoms with Crippen molar-refractivity contribution in [3.05, 3.63) is 47.4 Å². The normalized spacial score (nSPS) is 14.9. The minimum absolute atomic E-state index is 0.119. The number of benzene rings is 1. The third-order valence-electron chi connectivity index (χ3n) is 4.70. The number of ether oxygens (including phenoxy) is 1. The molecule has 0 amide bonds. The predicted molar refractivity (Wildman–Crippen MR) is 107 cm³/mol. The molecule has 0 atom stereocenters. The second-order valence-corrected chi connectivity index (χ2v) is 7.83. The van der Waals surface area contributed by atoms with E-state index in [-0.39, 0.29) is 5.41 Å². The van der Waals surface area contributed by atoms with Gasteiger partial charge in [-0.25, -0.2) is 9.97 Å². The van der Waals surface area contributed by atoms with Gasteiger partial charge in [0.05, 0.1) is 23.6 Å². The second-order valence-electron chi connectivity index (χ2n) is 7.83. The van der Waals surface area contributed by atoms with Gasteiger partial charge in [-0.1, -0.05) is 32.9 Å². The van der Waals surface area contributed by atoms with Crippen LogP contribution in [-0.2, 0) is 16.8 Å². The highest BCUT2D eigenvalue weighted by molar-refractivity contribution is 5.60. The SMILES string of the molecule is COCc1cc(N2CCN(c3ccccc3C#N)CC2)nc(C(C)(C)C)n1. The van der Waals surface area contributed by atoms with Crippen LogP contribution in [0.1, 0.15) is 37.9 Å². The molecule has 6 heteroatoms. The summed E-state index contributed by atoms with van der Waals surface area (Å²) in [6.45, 7) is 10.3. The van der Waals surface area contributed by atoms with Crippen LogP contribution in [0.2, 0.25) is 0 Å². The average Bonchev–Trinajstić information content (AvgIpc) is 2.67. The topological polar surface area (TPSA) is 65.3 Å². The fourth-order valence-corrected chi connectivity index (χ4v) is 3.22. The second kappa shape index (κ2) is 7.93. The third kappa shape index (κ3) is 4.37. The fraction of sp³-hybridized carbons (Fsp3) is 0.476. The first kappa shape index (κ1) is 19.1. The summed E-state index contributed by atoms with van der Waals surface area (Å²) in [6.07, 6.45) is 0. The summed E-state index contributed by atoms with van der Waals surface area (Å²) < 4.78 is 5.29. The summed E-state index contributed by atoms with van der Waals surface area (Å²) in [5.74, 6) is 1.79. The van der Waals surface area contributed by atoms with Gasteiger partial charge in [-0.2, -0.15) is 5.26 Å². The van der Waals surface area contributed by atoms with Gasteiger partial charge in [0, 0.05) is 44.8 Å². The molecule has 142 valence electrons. The molecule has 6 nitrogen and oxygen atoms in total. The van der Waals surface area contributed by atoms with Crippen LogP contribution in [0.4, 0.5) is 11.5 Å². The molecule has 0 N–H and O–H groups in total. The largest absolute Gasteiger partial charge is 0.378 e. The van der Waals surface area contributed by atoms with Gasteiger partial charge >= 0.3 is 0 Å². The maximum atomic E-state index is 9.35. The van der Waals surface area contributed by atoms with Gasteiger partial charge < -0.3 is 14.5 Å². The third-order valence-corrected chi connectivity index (χ3v) is 4.70. The Kier molecular flexibility index (Phi) is 5.62. The highest BCUT2D eigenvalue weighted by Crippen LogP contribution is 2.25. The van der Waals surface area contributed by atoms with Crippen LogP contribution < -0.4 is 9.80 Å². The zero-order chi connectivity index (χ0) is 19.4. The predicted octanol–water partition coefficient (Wildman–Crippen LogP) is 3.12. The van der Waals surface area contributed by atoms with E-state index in [1.807, 2.05) is 30.3 Å². The maximum absolute atomic E-state index is 9.35. The Balaban J connectivity index is 1.79. The standard InChI is InChI=1S/C21H27N5O/c1-21(2,3)20-23-17(15-27-4)13-19(24-20)26-11-9-25(10-12-26)18-8-6-5-7-16(18)14-22/h5-8,13H,9-12,15H2,1-4H3. The van der Waals surface area contributed by atoms with Gasteiger partial charge in [0.25, 0.3) is 0 Å². The first-order valence-electron chi connectivity index (χ1n) is 9.29. The lowest BCUT2D eigenvalue weighted by Gasteiger charge is -2.37. The summed E-state index contributed by atoms with van der Waals surface area (Å²) in [5, 5.41) is 9.35. The van der Waals surface area contributed by atoms with Gasteiger partial charge in [-0.3, -0.25) is 0 Å². The van der Waals surface area contributed by atoms with Crippen LogP contribution in [0.5, 0.6) is 0 Å². The monoisotopic (exact) mass is 365 g/mol. The Hall–Kier alpha value is -2.65. The molecule has 0 saturated carbocycles. The van der Waals surface area contributed by atoms with Crippen LogP contribution in [0.15, 0.2) is 30.3 Å². The molecule has 1 aliphatic rings. The van der Waals surface area contributed by atoms with Crippen molar-refractivity contribution in [2.24, 2.45) is 0 Å². The van der Waals surface area contributed by atoms with Gasteiger partial charge in [0.15, 0.2) is 0 Å². The number of hydrogen-bond acceptors (Lipinski definition) is 6. The molecular weight excluding hydrogens is 338 g/mol. The lowest BCUT2D eigenvalue weighted by molar-refractivity contribution is 0.181. The highest BCUT2D eigenvalue weighted by atomic mass is 16.5. The smallest absolute Gasteiger partial charge is 0.136 e. The van der Waals surface area contributed by atoms with Crippen molar-refractivity contribution in [2.75, 3.05) is 43.1 Å². The van der Waals surface area contributed by atoms with Crippen LogP contribution in [0, 0.1) is 11.3 Å². The molecule has 0 spiro atoms. The Labute approximate surface area is 161 Å². The molecule has 3 rings (SSSR count). The molecule has 1 fully saturated rings. The van der Waals surface area contributed by atoms with E-state index in [1.54, 1.807) is 7.11 Å². The van der Waals surface area contributed by atoms with Crippen molar-refractivity contribution < 1.29 is 4.74 Å². The zero-order valence-corrected chi connectivity index (χ0v) is 16.6. The Morgan fingerprint density at radius 2 is 1.74 bits per heavy atom. The Morgan fingerprint density at radius 1 is 1.07 bits per heavy atom. The number of nitriles is 1. The molecule has 2 aromatic rings. The Bertz CT molecular complexity index is 829. The van der Waals surface area contributed by atoms with Crippen LogP contribution in [0.25, 0.3) is 0 Å². The molecule has 1 saturated heterocycles. The number of nitrogens with zero attached hydrogens (tertiary/aromatic N) is 5. The van der Waals surface area contributed by atoms with Crippen molar-refractivity contribution in [2.45, 2.75) is 32.8 Å². The van der Waals surface area contributed by atoms with E-state index in [0.29, 0.717) is 6.61 Å². The number of para-hydroxylation sites is 1. The fourth-order valence-electron chi connectivity index (χ4n) is 3.22. The van der Waals surface area contributed by atoms with Gasteiger partial charge in [-0.15, -0.1) is 0 Å². The lowest BCUT2D eigenvalue weighted by atomic mass is 9.95. The quantitative estimate of drug-likeness (QED) is 0.829. The van der Waals surface area contributed by atoms with Gasteiger partial charge in [0.2, 0.25) is 0 Å². The van der Waals surface area contributed by atoms with E-state index in [9.17, 15) is 5.26 Å². The number of methoxy groups -OCH3 is 1. The van der Waals surface area contributed by atoms with E-state index in [0.717, 1.165) is 54.8 Å². The molecule has 0 unspecified atom stereocenters. The number of anilines is 2. The van der Waals surface area contributed by atoms with E-state index < -0.39 is 0 Å². The maximum Gasteiger partial charge on any atom is 0.136 e. The minimum atomic E-state index is -0.119. The van der Waals surface area contributed by atoms with Crippen molar-refractivity contribution >= 4 is 11.5 Å². The van der Waals surface area contributed by atoms with Crippen LogP contribution >= 0.6 is 0 Å². The molecule has 0 radical (unpaired) electrons. The molecule has 0 bridgehead atoms. The van der Waals surface area contributed by atoms with Crippen molar-refractivity contribution in [1.82, 2.24) is 9.97 Å². The summed E-state index contributed by atoms with van der Waals surface area (Å²) >= 11 is 0. The number of aromatic nitrogens is 2. The summed E-state index contributed by atoms with van der Waals surface area (Å²) in [6, 6.07) is 12.1. The molecule has 1 aromatic carbocycles. The van der Waals surface area contributed by atoms with Crippen LogP contribution in [0.3, 0.4) is 0 Å². The molecule has 1 aliphatic heterocycles. The van der Waals surface area contributed by atoms with Crippen molar-refractivity contribution in [3.8, 4) is 6.07 Å². The molecule has 2 heterocycles. The van der Waals surface area contributed by atoms with Gasteiger partial charge in [-0.05, 0) is 12.1 Å². The lowest BCUT2D eigenvalue weighted by Crippen LogP contribution is -2.47. The van der Waals surface area contributed by atoms with E-state index in [2.05, 4.69) is 41.6 Å². The van der Waals surface area contributed by atoms with E-state index in [4.69, 9.17) is 9.72 Å². The number of rotatable bonds is 4. The van der Waals surface area contributed by atoms with E-state index >= 15 is 0 Å². The number of hydrogen-bond donors (Lipinski definition) is 0. The van der Waals surface area contributed by atoms with Crippen molar-refractivity contribution in [1.29, 1.82) is 5.26 Å². The molecule has 0 aliphatic carbocycles. The summed E-state index contributed by atoms with van der Waals surface area (Å²) in [4.78, 5) is 14.1. The van der Waals surface area contributed by atoms with Crippen LogP contribution in [-0.4, -0.2) is 43.3 Å². The van der Waals surface area contributed by atoms with Crippen molar-refractivity contribution in [3.63, 3.8) is 0 Å². The highest BCUT2D eigenvalue weighted by Gasteiger charge is 2.24. The number of piperazine rings is 1. The molecule has 1 aromatic heterocycles. The van der Waals surface area contributed by atoms with Gasteiger partial charge in [0.1, 0.15) is 17.7 Å². The summed E-state index contributed by atoms with van der Waals surface area (Å²) in [7, 11) is 1.68. The van der Waals surface area contributed by atoms with E-state index in [1.165, 1.54) is 0 Å². The first-order chi connectivity index (χ1) is 12.9. The minimum Gasteiger partial charge on any atom is -0.378 e. The summed E-state index contributed by atoms with van der Waals surface area (Å²) in [5.41, 5.74) is 2.53. The average molecular weight is 365 g/mol. The molecular formula is C21H27N5O. The molecule has 27 heavy (non-hydrogen) atoms. The Morgan fingerprint density at radius 3 is 2.37 bits per heavy atom. The first-order valence-corrected chi connectivity index (χ1v) is 9.29. The zero-order valence-electron chi connectivity index (χ0n) is 16.6.